The van der Waals surface area contributed by atoms with Gasteiger partial charge >= 0.3 is 6.01 Å². The van der Waals surface area contributed by atoms with Crippen LogP contribution in [0.15, 0.2) is 78.9 Å². The Balaban J connectivity index is 1.35. The molecule has 0 bridgehead atoms. The second-order valence-electron chi connectivity index (χ2n) is 6.70. The zero-order chi connectivity index (χ0) is 20.6. The van der Waals surface area contributed by atoms with Gasteiger partial charge in [-0.05, 0) is 64.9 Å². The number of rotatable bonds is 9. The third kappa shape index (κ3) is 4.82. The second kappa shape index (κ2) is 9.67. The predicted octanol–water partition coefficient (Wildman–Crippen LogP) is 3.80. The van der Waals surface area contributed by atoms with Crippen molar-refractivity contribution in [2.24, 2.45) is 0 Å². The van der Waals surface area contributed by atoms with E-state index < -0.39 is 0 Å². The van der Waals surface area contributed by atoms with Crippen LogP contribution < -0.4 is 14.8 Å². The molecule has 7 heteroatoms. The molecular weight excluding hydrogens is 378 g/mol. The van der Waals surface area contributed by atoms with Gasteiger partial charge in [0.25, 0.3) is 0 Å². The van der Waals surface area contributed by atoms with Crippen LogP contribution in [0.3, 0.4) is 0 Å². The minimum Gasteiger partial charge on any atom is -0.496 e. The number of para-hydroxylation sites is 2. The van der Waals surface area contributed by atoms with Gasteiger partial charge in [0.05, 0.1) is 12.8 Å². The second-order valence-corrected chi connectivity index (χ2v) is 6.70. The predicted molar refractivity (Wildman–Crippen MR) is 114 cm³/mol. The van der Waals surface area contributed by atoms with Crippen LogP contribution in [0, 0.1) is 0 Å². The summed E-state index contributed by atoms with van der Waals surface area (Å²) in [7, 11) is 1.70. The van der Waals surface area contributed by atoms with Gasteiger partial charge in [0.15, 0.2) is 0 Å². The van der Waals surface area contributed by atoms with E-state index in [-0.39, 0.29) is 0 Å². The van der Waals surface area contributed by atoms with E-state index in [4.69, 9.17) is 9.47 Å². The Hall–Kier alpha value is -3.71. The van der Waals surface area contributed by atoms with Crippen molar-refractivity contribution in [1.29, 1.82) is 0 Å². The van der Waals surface area contributed by atoms with Gasteiger partial charge in [0.2, 0.25) is 0 Å². The first-order chi connectivity index (χ1) is 14.8. The maximum absolute atomic E-state index is 5.93. The molecule has 0 aliphatic heterocycles. The molecule has 1 N–H and O–H groups in total. The summed E-state index contributed by atoms with van der Waals surface area (Å²) in [6.45, 7) is 1.58. The average Bonchev–Trinajstić information content (AvgIpc) is 3.26. The van der Waals surface area contributed by atoms with Crippen LogP contribution in [0.2, 0.25) is 0 Å². The van der Waals surface area contributed by atoms with E-state index in [1.807, 2.05) is 66.7 Å². The third-order valence-electron chi connectivity index (χ3n) is 4.64. The summed E-state index contributed by atoms with van der Waals surface area (Å²) in [5.41, 5.74) is 3.15. The lowest BCUT2D eigenvalue weighted by Crippen LogP contribution is -2.17. The van der Waals surface area contributed by atoms with Crippen LogP contribution in [0.5, 0.6) is 17.5 Å². The molecule has 0 aliphatic rings. The monoisotopic (exact) mass is 401 g/mol. The molecular formula is C23H23N5O2. The first-order valence-corrected chi connectivity index (χ1v) is 9.77. The molecule has 3 aromatic carbocycles. The molecule has 0 spiro atoms. The molecule has 7 nitrogen and oxygen atoms in total. The van der Waals surface area contributed by atoms with E-state index in [1.165, 1.54) is 5.56 Å². The van der Waals surface area contributed by atoms with Crippen molar-refractivity contribution in [2.75, 3.05) is 13.7 Å². The Labute approximate surface area is 175 Å². The number of nitrogens with zero attached hydrogens (tertiary/aromatic N) is 4. The molecule has 0 atom stereocenters. The van der Waals surface area contributed by atoms with Crippen molar-refractivity contribution in [3.8, 4) is 23.2 Å². The van der Waals surface area contributed by atoms with Crippen LogP contribution in [0.1, 0.15) is 11.1 Å². The van der Waals surface area contributed by atoms with Gasteiger partial charge in [-0.1, -0.05) is 53.6 Å². The number of ether oxygens (including phenoxy) is 2. The van der Waals surface area contributed by atoms with E-state index in [0.717, 1.165) is 36.5 Å². The molecule has 0 saturated carbocycles. The van der Waals surface area contributed by atoms with Gasteiger partial charge in [0, 0.05) is 6.54 Å². The van der Waals surface area contributed by atoms with Crippen molar-refractivity contribution in [3.05, 3.63) is 90.0 Å². The lowest BCUT2D eigenvalue weighted by atomic mass is 10.1. The number of hydrogen-bond donors (Lipinski definition) is 1. The van der Waals surface area contributed by atoms with Crippen LogP contribution in [-0.2, 0) is 13.0 Å². The molecule has 30 heavy (non-hydrogen) atoms. The first kappa shape index (κ1) is 19.6. The van der Waals surface area contributed by atoms with Gasteiger partial charge in [-0.15, -0.1) is 0 Å². The highest BCUT2D eigenvalue weighted by Gasteiger charge is 2.10. The minimum absolute atomic E-state index is 0.322. The van der Waals surface area contributed by atoms with E-state index in [2.05, 4.69) is 33.0 Å². The van der Waals surface area contributed by atoms with E-state index in [1.54, 1.807) is 11.8 Å². The molecule has 0 radical (unpaired) electrons. The summed E-state index contributed by atoms with van der Waals surface area (Å²) in [4.78, 5) is 0. The summed E-state index contributed by atoms with van der Waals surface area (Å²) in [5, 5.41) is 15.2. The quantitative estimate of drug-likeness (QED) is 0.430. The van der Waals surface area contributed by atoms with Crippen LogP contribution >= 0.6 is 0 Å². The summed E-state index contributed by atoms with van der Waals surface area (Å²) >= 11 is 0. The van der Waals surface area contributed by atoms with Gasteiger partial charge in [-0.25, -0.2) is 0 Å². The maximum Gasteiger partial charge on any atom is 0.345 e. The molecule has 0 fully saturated rings. The molecule has 0 saturated heterocycles. The van der Waals surface area contributed by atoms with Gasteiger partial charge < -0.3 is 14.8 Å². The van der Waals surface area contributed by atoms with Gasteiger partial charge in [-0.3, -0.25) is 0 Å². The number of hydrogen-bond acceptors (Lipinski definition) is 6. The molecule has 1 aromatic heterocycles. The molecule has 0 amide bonds. The van der Waals surface area contributed by atoms with Crippen molar-refractivity contribution in [2.45, 2.75) is 13.0 Å². The zero-order valence-electron chi connectivity index (χ0n) is 16.7. The van der Waals surface area contributed by atoms with Crippen molar-refractivity contribution < 1.29 is 9.47 Å². The van der Waals surface area contributed by atoms with Crippen molar-refractivity contribution in [1.82, 2.24) is 25.5 Å². The van der Waals surface area contributed by atoms with Gasteiger partial charge in [0.1, 0.15) is 11.5 Å². The molecule has 4 aromatic rings. The number of benzene rings is 3. The number of methoxy groups -OCH3 is 1. The fraction of sp³-hybridized carbons (Fsp3) is 0.174. The van der Waals surface area contributed by atoms with Gasteiger partial charge in [-0.2, -0.15) is 4.68 Å². The Morgan fingerprint density at radius 2 is 1.77 bits per heavy atom. The highest BCUT2D eigenvalue weighted by Crippen LogP contribution is 2.22. The largest absolute Gasteiger partial charge is 0.496 e. The Bertz CT molecular complexity index is 1080. The van der Waals surface area contributed by atoms with Crippen LogP contribution in [0.4, 0.5) is 0 Å². The highest BCUT2D eigenvalue weighted by atomic mass is 16.5. The standard InChI is InChI=1S/C23H23N5O2/c1-29-22-13-6-5-9-19(22)14-15-24-17-18-8-7-12-21(16-18)30-23-25-26-27-28(23)20-10-3-2-4-11-20/h2-13,16,24H,14-15,17H2,1H3. The highest BCUT2D eigenvalue weighted by molar-refractivity contribution is 5.35. The van der Waals surface area contributed by atoms with Crippen LogP contribution in [0.25, 0.3) is 5.69 Å². The number of nitrogens with one attached hydrogen (secondary N) is 1. The molecule has 0 aliphatic carbocycles. The normalized spacial score (nSPS) is 10.7. The summed E-state index contributed by atoms with van der Waals surface area (Å²) in [5.74, 6) is 1.61. The maximum atomic E-state index is 5.93. The fourth-order valence-corrected chi connectivity index (χ4v) is 3.16. The Morgan fingerprint density at radius 3 is 2.63 bits per heavy atom. The minimum atomic E-state index is 0.322. The van der Waals surface area contributed by atoms with Crippen molar-refractivity contribution >= 4 is 0 Å². The average molecular weight is 401 g/mol. The molecule has 152 valence electrons. The SMILES string of the molecule is COc1ccccc1CCNCc1cccc(Oc2nnnn2-c2ccccc2)c1. The zero-order valence-corrected chi connectivity index (χ0v) is 16.7. The number of aromatic nitrogens is 4. The summed E-state index contributed by atoms with van der Waals surface area (Å²) in [6.07, 6.45) is 0.895. The van der Waals surface area contributed by atoms with E-state index in [0.29, 0.717) is 11.8 Å². The first-order valence-electron chi connectivity index (χ1n) is 9.77. The molecule has 4 rings (SSSR count). The van der Waals surface area contributed by atoms with Crippen molar-refractivity contribution in [3.63, 3.8) is 0 Å². The molecule has 0 unspecified atom stereocenters. The number of tetrazole rings is 1. The summed E-state index contributed by atoms with van der Waals surface area (Å²) < 4.78 is 12.9. The topological polar surface area (TPSA) is 74.1 Å². The Kier molecular flexibility index (Phi) is 6.31. The van der Waals surface area contributed by atoms with E-state index >= 15 is 0 Å². The third-order valence-corrected chi connectivity index (χ3v) is 4.64. The van der Waals surface area contributed by atoms with Crippen LogP contribution in [-0.4, -0.2) is 33.9 Å². The smallest absolute Gasteiger partial charge is 0.345 e. The Morgan fingerprint density at radius 1 is 0.933 bits per heavy atom. The molecule has 1 heterocycles. The van der Waals surface area contributed by atoms with E-state index in [9.17, 15) is 0 Å². The lowest BCUT2D eigenvalue weighted by Gasteiger charge is -2.10. The summed E-state index contributed by atoms with van der Waals surface area (Å²) in [6, 6.07) is 25.9. The fourth-order valence-electron chi connectivity index (χ4n) is 3.16. The lowest BCUT2D eigenvalue weighted by molar-refractivity contribution is 0.409.